The molecule has 0 spiro atoms. The number of hydrogen-bond donors (Lipinski definition) is 0. The largest absolute Gasteiger partial charge is 0.411 e. The molecule has 1 aliphatic rings. The number of thioether (sulfide) groups is 1. The lowest BCUT2D eigenvalue weighted by molar-refractivity contribution is -0.112. The maximum atomic E-state index is 12.9. The second-order valence-electron chi connectivity index (χ2n) is 8.98. The molecule has 190 valence electrons. The summed E-state index contributed by atoms with van der Waals surface area (Å²) in [6.07, 6.45) is 1.69. The van der Waals surface area contributed by atoms with Crippen molar-refractivity contribution in [2.75, 3.05) is 30.8 Å². The lowest BCUT2D eigenvalue weighted by atomic mass is 9.83. The van der Waals surface area contributed by atoms with Crippen molar-refractivity contribution in [3.05, 3.63) is 65.9 Å². The minimum atomic E-state index is -3.61. The number of carbonyl (C=O) groups is 1. The first-order chi connectivity index (χ1) is 17.1. The Hall–Kier alpha value is -2.95. The summed E-state index contributed by atoms with van der Waals surface area (Å²) in [6, 6.07) is 14.6. The highest BCUT2D eigenvalue weighted by Crippen LogP contribution is 2.46. The standard InChI is InChI=1S/C26H30N4O4S2/c1-6-30(7-2)36(32,33)20-12-10-11-18(15-20)24-27-28-25(34-24)35-17-19(31)16-23-26(3,4)21-13-8-9-14-22(21)29(23)5/h8-16H,6-7,17H2,1-5H3. The van der Waals surface area contributed by atoms with Gasteiger partial charge in [0.2, 0.25) is 15.9 Å². The van der Waals surface area contributed by atoms with Gasteiger partial charge in [0.1, 0.15) is 0 Å². The van der Waals surface area contributed by atoms with Crippen molar-refractivity contribution in [2.24, 2.45) is 0 Å². The summed E-state index contributed by atoms with van der Waals surface area (Å²) in [7, 11) is -1.64. The molecule has 1 aliphatic heterocycles. The molecule has 3 aromatic rings. The zero-order chi connectivity index (χ0) is 26.1. The number of allylic oxidation sites excluding steroid dienone is 2. The highest BCUT2D eigenvalue weighted by Gasteiger charge is 2.38. The number of hydrogen-bond acceptors (Lipinski definition) is 8. The first kappa shape index (κ1) is 26.1. The van der Waals surface area contributed by atoms with Gasteiger partial charge in [-0.05, 0) is 29.8 Å². The van der Waals surface area contributed by atoms with E-state index in [9.17, 15) is 13.2 Å². The number of benzene rings is 2. The Morgan fingerprint density at radius 1 is 1.11 bits per heavy atom. The molecule has 0 atom stereocenters. The Kier molecular flexibility index (Phi) is 7.40. The van der Waals surface area contributed by atoms with Gasteiger partial charge in [0.15, 0.2) is 5.78 Å². The van der Waals surface area contributed by atoms with Crippen LogP contribution in [0.3, 0.4) is 0 Å². The topological polar surface area (TPSA) is 96.6 Å². The van der Waals surface area contributed by atoms with Crippen molar-refractivity contribution in [2.45, 2.75) is 43.2 Å². The van der Waals surface area contributed by atoms with E-state index < -0.39 is 10.0 Å². The van der Waals surface area contributed by atoms with E-state index in [-0.39, 0.29) is 33.0 Å². The van der Waals surface area contributed by atoms with Gasteiger partial charge in [-0.1, -0.05) is 63.7 Å². The third-order valence-corrected chi connectivity index (χ3v) is 9.29. The maximum Gasteiger partial charge on any atom is 0.277 e. The lowest BCUT2D eigenvalue weighted by Crippen LogP contribution is -2.30. The number of carbonyl (C=O) groups excluding carboxylic acids is 1. The number of aromatic nitrogens is 2. The van der Waals surface area contributed by atoms with Gasteiger partial charge in [0.05, 0.1) is 10.6 Å². The monoisotopic (exact) mass is 526 g/mol. The van der Waals surface area contributed by atoms with E-state index in [0.717, 1.165) is 23.1 Å². The molecule has 0 saturated heterocycles. The summed E-state index contributed by atoms with van der Waals surface area (Å²) >= 11 is 1.16. The minimum Gasteiger partial charge on any atom is -0.411 e. The number of para-hydroxylation sites is 1. The van der Waals surface area contributed by atoms with Crippen LogP contribution in [-0.4, -0.2) is 54.6 Å². The van der Waals surface area contributed by atoms with Gasteiger partial charge in [-0.2, -0.15) is 4.31 Å². The van der Waals surface area contributed by atoms with E-state index in [0.29, 0.717) is 18.7 Å². The molecule has 4 rings (SSSR count). The molecule has 0 fully saturated rings. The molecule has 0 amide bonds. The number of ketones is 1. The number of nitrogens with zero attached hydrogens (tertiary/aromatic N) is 4. The SMILES string of the molecule is CCN(CC)S(=O)(=O)c1cccc(-c2nnc(SCC(=O)C=C3N(C)c4ccccc4C3(C)C)o2)c1. The Morgan fingerprint density at radius 3 is 2.53 bits per heavy atom. The summed E-state index contributed by atoms with van der Waals surface area (Å²) < 4.78 is 32.8. The average Bonchev–Trinajstić information content (AvgIpc) is 3.41. The van der Waals surface area contributed by atoms with E-state index in [2.05, 4.69) is 41.1 Å². The fourth-order valence-corrected chi connectivity index (χ4v) is 6.56. The molecule has 2 heterocycles. The number of sulfonamides is 1. The predicted octanol–water partition coefficient (Wildman–Crippen LogP) is 4.74. The first-order valence-electron chi connectivity index (χ1n) is 11.7. The van der Waals surface area contributed by atoms with E-state index in [1.807, 2.05) is 19.2 Å². The van der Waals surface area contributed by atoms with Crippen LogP contribution in [0, 0.1) is 0 Å². The second kappa shape index (κ2) is 10.2. The van der Waals surface area contributed by atoms with Crippen LogP contribution in [-0.2, 0) is 20.2 Å². The van der Waals surface area contributed by atoms with Crippen LogP contribution in [0.25, 0.3) is 11.5 Å². The van der Waals surface area contributed by atoms with Gasteiger partial charge >= 0.3 is 0 Å². The molecule has 2 aromatic carbocycles. The first-order valence-corrected chi connectivity index (χ1v) is 14.2. The fourth-order valence-electron chi connectivity index (χ4n) is 4.47. The maximum absolute atomic E-state index is 12.9. The summed E-state index contributed by atoms with van der Waals surface area (Å²) in [5.74, 6) is 0.281. The number of anilines is 1. The summed E-state index contributed by atoms with van der Waals surface area (Å²) in [5.41, 5.74) is 3.45. The van der Waals surface area contributed by atoms with Crippen molar-refractivity contribution in [1.29, 1.82) is 0 Å². The smallest absolute Gasteiger partial charge is 0.277 e. The van der Waals surface area contributed by atoms with Crippen LogP contribution < -0.4 is 4.90 Å². The highest BCUT2D eigenvalue weighted by molar-refractivity contribution is 7.99. The molecule has 0 N–H and O–H groups in total. The zero-order valence-corrected chi connectivity index (χ0v) is 22.7. The number of rotatable bonds is 9. The molecule has 0 radical (unpaired) electrons. The molecule has 1 aromatic heterocycles. The lowest BCUT2D eigenvalue weighted by Gasteiger charge is -2.23. The minimum absolute atomic E-state index is 0.0604. The van der Waals surface area contributed by atoms with Crippen LogP contribution in [0.1, 0.15) is 33.3 Å². The average molecular weight is 527 g/mol. The van der Waals surface area contributed by atoms with Gasteiger partial charge < -0.3 is 9.32 Å². The highest BCUT2D eigenvalue weighted by atomic mass is 32.2. The van der Waals surface area contributed by atoms with Crippen molar-refractivity contribution in [3.8, 4) is 11.5 Å². The number of fused-ring (bicyclic) bond motifs is 1. The van der Waals surface area contributed by atoms with Crippen LogP contribution in [0.5, 0.6) is 0 Å². The Balaban J connectivity index is 1.47. The molecule has 0 bridgehead atoms. The summed E-state index contributed by atoms with van der Waals surface area (Å²) in [4.78, 5) is 15.1. The Labute approximate surface area is 216 Å². The second-order valence-corrected chi connectivity index (χ2v) is 11.8. The number of likely N-dealkylation sites (N-methyl/N-ethyl adjacent to an activating group) is 1. The molecule has 0 aliphatic carbocycles. The normalized spacial score (nSPS) is 16.1. The fraction of sp³-hybridized carbons (Fsp3) is 0.346. The molecule has 0 unspecified atom stereocenters. The Bertz CT molecular complexity index is 1410. The molecule has 0 saturated carbocycles. The quantitative estimate of drug-likeness (QED) is 0.291. The van der Waals surface area contributed by atoms with E-state index in [1.54, 1.807) is 38.1 Å². The third kappa shape index (κ3) is 4.85. The van der Waals surface area contributed by atoms with Crippen molar-refractivity contribution in [1.82, 2.24) is 14.5 Å². The molecular formula is C26H30N4O4S2. The van der Waals surface area contributed by atoms with Crippen molar-refractivity contribution in [3.63, 3.8) is 0 Å². The molecule has 36 heavy (non-hydrogen) atoms. The third-order valence-electron chi connectivity index (χ3n) is 6.41. The summed E-state index contributed by atoms with van der Waals surface area (Å²) in [5, 5.41) is 8.34. The summed E-state index contributed by atoms with van der Waals surface area (Å²) in [6.45, 7) is 8.59. The van der Waals surface area contributed by atoms with Crippen LogP contribution in [0.4, 0.5) is 5.69 Å². The van der Waals surface area contributed by atoms with E-state index in [1.165, 1.54) is 15.9 Å². The predicted molar refractivity (Wildman–Crippen MR) is 142 cm³/mol. The van der Waals surface area contributed by atoms with Crippen molar-refractivity contribution >= 4 is 33.3 Å². The van der Waals surface area contributed by atoms with Crippen LogP contribution in [0.15, 0.2) is 74.8 Å². The Morgan fingerprint density at radius 2 is 1.83 bits per heavy atom. The molecule has 10 heteroatoms. The van der Waals surface area contributed by atoms with Crippen LogP contribution in [0.2, 0.25) is 0 Å². The zero-order valence-electron chi connectivity index (χ0n) is 21.1. The van der Waals surface area contributed by atoms with Gasteiger partial charge in [-0.15, -0.1) is 10.2 Å². The van der Waals surface area contributed by atoms with Crippen LogP contribution >= 0.6 is 11.8 Å². The van der Waals surface area contributed by atoms with E-state index in [4.69, 9.17) is 4.42 Å². The van der Waals surface area contributed by atoms with Crippen molar-refractivity contribution < 1.29 is 17.6 Å². The molecule has 8 nitrogen and oxygen atoms in total. The molecular weight excluding hydrogens is 496 g/mol. The van der Waals surface area contributed by atoms with Gasteiger partial charge in [0, 0.05) is 48.6 Å². The van der Waals surface area contributed by atoms with Gasteiger partial charge in [-0.3, -0.25) is 4.79 Å². The van der Waals surface area contributed by atoms with E-state index >= 15 is 0 Å². The van der Waals surface area contributed by atoms with Gasteiger partial charge in [0.25, 0.3) is 5.22 Å². The van der Waals surface area contributed by atoms with Gasteiger partial charge in [-0.25, -0.2) is 8.42 Å².